The molecule has 160 valence electrons. The second-order valence-corrected chi connectivity index (χ2v) is 7.88. The summed E-state index contributed by atoms with van der Waals surface area (Å²) >= 11 is 0. The predicted octanol–water partition coefficient (Wildman–Crippen LogP) is 1.99. The van der Waals surface area contributed by atoms with E-state index in [4.69, 9.17) is 9.47 Å². The Kier molecular flexibility index (Phi) is 6.10. The number of nitrogens with zero attached hydrogens (tertiary/aromatic N) is 5. The van der Waals surface area contributed by atoms with E-state index in [-0.39, 0.29) is 11.6 Å². The zero-order valence-electron chi connectivity index (χ0n) is 17.7. The quantitative estimate of drug-likeness (QED) is 0.634. The number of piperidine rings is 1. The van der Waals surface area contributed by atoms with E-state index < -0.39 is 0 Å². The molecule has 0 saturated carbocycles. The van der Waals surface area contributed by atoms with Gasteiger partial charge in [-0.1, -0.05) is 6.92 Å². The maximum absolute atomic E-state index is 13.2. The average Bonchev–Trinajstić information content (AvgIpc) is 3.21. The largest absolute Gasteiger partial charge is 0.497 e. The third kappa shape index (κ3) is 4.08. The van der Waals surface area contributed by atoms with E-state index >= 15 is 0 Å². The number of pyridine rings is 1. The monoisotopic (exact) mass is 412 g/mol. The molecule has 0 unspecified atom stereocenters. The molecule has 9 heteroatoms. The third-order valence-corrected chi connectivity index (χ3v) is 5.87. The van der Waals surface area contributed by atoms with E-state index in [2.05, 4.69) is 32.3 Å². The fraction of sp³-hybridized carbons (Fsp3) is 0.524. The maximum Gasteiger partial charge on any atom is 0.253 e. The Morgan fingerprint density at radius 3 is 2.77 bits per heavy atom. The minimum absolute atomic E-state index is 0.138. The normalized spacial score (nSPS) is 16.8. The summed E-state index contributed by atoms with van der Waals surface area (Å²) in [7, 11) is 3.26. The van der Waals surface area contributed by atoms with Gasteiger partial charge in [-0.15, -0.1) is 5.10 Å². The van der Waals surface area contributed by atoms with Crippen LogP contribution in [0.3, 0.4) is 0 Å². The van der Waals surface area contributed by atoms with E-state index in [1.807, 2.05) is 24.3 Å². The summed E-state index contributed by atoms with van der Waals surface area (Å²) in [4.78, 5) is 18.5. The smallest absolute Gasteiger partial charge is 0.253 e. The number of hydrogen-bond donors (Lipinski definition) is 1. The number of nitrogens with one attached hydrogen (secondary N) is 1. The number of fused-ring (bicyclic) bond motifs is 1. The number of H-pyrrole nitrogens is 1. The molecule has 2 aromatic heterocycles. The van der Waals surface area contributed by atoms with Crippen LogP contribution in [0.2, 0.25) is 0 Å². The van der Waals surface area contributed by atoms with Crippen LogP contribution in [0.4, 0.5) is 0 Å². The summed E-state index contributed by atoms with van der Waals surface area (Å²) in [5, 5.41) is 13.3. The molecule has 3 aromatic rings. The Balaban J connectivity index is 1.81. The first-order valence-electron chi connectivity index (χ1n) is 10.3. The molecule has 0 spiro atoms. The Morgan fingerprint density at radius 1 is 1.23 bits per heavy atom. The van der Waals surface area contributed by atoms with Crippen LogP contribution in [0.25, 0.3) is 10.9 Å². The number of aromatic amines is 1. The number of tetrazole rings is 1. The molecule has 1 aliphatic heterocycles. The van der Waals surface area contributed by atoms with Crippen LogP contribution >= 0.6 is 0 Å². The number of methoxy groups -OCH3 is 2. The van der Waals surface area contributed by atoms with Crippen LogP contribution in [0, 0.1) is 5.92 Å². The number of likely N-dealkylation sites (tertiary alicyclic amines) is 1. The highest BCUT2D eigenvalue weighted by molar-refractivity contribution is 5.80. The standard InChI is InChI=1S/C21H28N6O3/c1-14-6-8-26(9-7-14)19(20-23-24-25-27(20)10-11-29-2)17-12-15-4-5-16(30-3)13-18(15)22-21(17)28/h4-5,12-14,19H,6-11H2,1-3H3,(H,22,28)/t19-/m1/s1. The van der Waals surface area contributed by atoms with Gasteiger partial charge in [0.2, 0.25) is 0 Å². The van der Waals surface area contributed by atoms with E-state index in [1.54, 1.807) is 18.9 Å². The first-order valence-corrected chi connectivity index (χ1v) is 10.3. The molecule has 1 saturated heterocycles. The first kappa shape index (κ1) is 20.5. The highest BCUT2D eigenvalue weighted by Gasteiger charge is 2.32. The molecule has 9 nitrogen and oxygen atoms in total. The zero-order chi connectivity index (χ0) is 21.1. The Labute approximate surface area is 175 Å². The minimum Gasteiger partial charge on any atom is -0.497 e. The number of aromatic nitrogens is 5. The zero-order valence-corrected chi connectivity index (χ0v) is 17.7. The van der Waals surface area contributed by atoms with Crippen molar-refractivity contribution in [2.24, 2.45) is 5.92 Å². The molecule has 1 aliphatic rings. The summed E-state index contributed by atoms with van der Waals surface area (Å²) < 4.78 is 12.2. The lowest BCUT2D eigenvalue weighted by Gasteiger charge is -2.35. The summed E-state index contributed by atoms with van der Waals surface area (Å²) in [6.07, 6.45) is 2.16. The molecule has 1 atom stereocenters. The van der Waals surface area contributed by atoms with Crippen molar-refractivity contribution >= 4 is 10.9 Å². The fourth-order valence-electron chi connectivity index (χ4n) is 4.06. The first-order chi connectivity index (χ1) is 14.6. The molecule has 1 aromatic carbocycles. The van der Waals surface area contributed by atoms with Crippen LogP contribution in [0.1, 0.15) is 37.2 Å². The lowest BCUT2D eigenvalue weighted by Crippen LogP contribution is -2.40. The van der Waals surface area contributed by atoms with Gasteiger partial charge in [-0.25, -0.2) is 4.68 Å². The fourth-order valence-corrected chi connectivity index (χ4v) is 4.06. The van der Waals surface area contributed by atoms with Gasteiger partial charge in [0.25, 0.3) is 5.56 Å². The number of benzene rings is 1. The molecule has 0 aliphatic carbocycles. The van der Waals surface area contributed by atoms with Gasteiger partial charge >= 0.3 is 0 Å². The molecule has 1 N–H and O–H groups in total. The topological polar surface area (TPSA) is 98.2 Å². The van der Waals surface area contributed by atoms with Gasteiger partial charge in [-0.2, -0.15) is 0 Å². The second kappa shape index (κ2) is 8.93. The lowest BCUT2D eigenvalue weighted by molar-refractivity contribution is 0.144. The van der Waals surface area contributed by atoms with Crippen molar-refractivity contribution in [2.45, 2.75) is 32.4 Å². The Hall–Kier alpha value is -2.78. The molecule has 4 rings (SSSR count). The summed E-state index contributed by atoms with van der Waals surface area (Å²) in [5.74, 6) is 2.05. The Morgan fingerprint density at radius 2 is 2.03 bits per heavy atom. The summed E-state index contributed by atoms with van der Waals surface area (Å²) in [5.41, 5.74) is 1.25. The average molecular weight is 412 g/mol. The molecule has 30 heavy (non-hydrogen) atoms. The van der Waals surface area contributed by atoms with E-state index in [1.165, 1.54) is 0 Å². The third-order valence-electron chi connectivity index (χ3n) is 5.87. The number of ether oxygens (including phenoxy) is 2. The van der Waals surface area contributed by atoms with Gasteiger partial charge < -0.3 is 14.5 Å². The molecular weight excluding hydrogens is 384 g/mol. The van der Waals surface area contributed by atoms with Crippen LogP contribution in [0.15, 0.2) is 29.1 Å². The van der Waals surface area contributed by atoms with Gasteiger partial charge in [0.1, 0.15) is 11.8 Å². The van der Waals surface area contributed by atoms with Crippen molar-refractivity contribution in [1.82, 2.24) is 30.1 Å². The number of rotatable bonds is 7. The van der Waals surface area contributed by atoms with E-state index in [0.29, 0.717) is 36.2 Å². The van der Waals surface area contributed by atoms with Crippen LogP contribution in [-0.4, -0.2) is 64.0 Å². The molecule has 0 amide bonds. The minimum atomic E-state index is -0.320. The van der Waals surface area contributed by atoms with Crippen LogP contribution in [0.5, 0.6) is 5.75 Å². The van der Waals surface area contributed by atoms with Crippen molar-refractivity contribution in [3.05, 3.63) is 46.0 Å². The van der Waals surface area contributed by atoms with Crippen molar-refractivity contribution in [3.63, 3.8) is 0 Å². The van der Waals surface area contributed by atoms with Crippen LogP contribution in [-0.2, 0) is 11.3 Å². The summed E-state index contributed by atoms with van der Waals surface area (Å²) in [6, 6.07) is 7.31. The van der Waals surface area contributed by atoms with E-state index in [0.717, 1.165) is 36.8 Å². The highest BCUT2D eigenvalue weighted by Crippen LogP contribution is 2.31. The Bertz CT molecular complexity index is 1050. The van der Waals surface area contributed by atoms with Crippen LogP contribution < -0.4 is 10.3 Å². The van der Waals surface area contributed by atoms with Crippen molar-refractivity contribution in [1.29, 1.82) is 0 Å². The van der Waals surface area contributed by atoms with Crippen molar-refractivity contribution in [2.75, 3.05) is 33.9 Å². The van der Waals surface area contributed by atoms with Gasteiger partial charge in [0.15, 0.2) is 5.82 Å². The number of hydrogen-bond acceptors (Lipinski definition) is 7. The molecule has 0 bridgehead atoms. The molecule has 3 heterocycles. The molecular formula is C21H28N6O3. The summed E-state index contributed by atoms with van der Waals surface area (Å²) in [6.45, 7) is 5.08. The predicted molar refractivity (Wildman–Crippen MR) is 113 cm³/mol. The van der Waals surface area contributed by atoms with Gasteiger partial charge in [-0.3, -0.25) is 9.69 Å². The van der Waals surface area contributed by atoms with Gasteiger partial charge in [-0.05, 0) is 65.9 Å². The van der Waals surface area contributed by atoms with Gasteiger partial charge in [0, 0.05) is 18.7 Å². The van der Waals surface area contributed by atoms with E-state index in [9.17, 15) is 4.79 Å². The second-order valence-electron chi connectivity index (χ2n) is 7.88. The lowest BCUT2D eigenvalue weighted by atomic mass is 9.95. The maximum atomic E-state index is 13.2. The molecule has 0 radical (unpaired) electrons. The van der Waals surface area contributed by atoms with Gasteiger partial charge in [0.05, 0.1) is 25.8 Å². The van der Waals surface area contributed by atoms with Crippen molar-refractivity contribution < 1.29 is 9.47 Å². The van der Waals surface area contributed by atoms with Crippen molar-refractivity contribution in [3.8, 4) is 5.75 Å². The SMILES string of the molecule is COCCn1nnnc1[C@@H](c1cc2ccc(OC)cc2[nH]c1=O)N1CCC(C)CC1. The highest BCUT2D eigenvalue weighted by atomic mass is 16.5. The molecule has 1 fully saturated rings.